The van der Waals surface area contributed by atoms with E-state index in [1.165, 1.54) is 7.11 Å². The van der Waals surface area contributed by atoms with Crippen LogP contribution in [0.5, 0.6) is 0 Å². The summed E-state index contributed by atoms with van der Waals surface area (Å²) in [6.45, 7) is 7.34. The average Bonchev–Trinajstić information content (AvgIpc) is 2.93. The number of carbonyl (C=O) groups excluding carboxylic acids is 2. The van der Waals surface area contributed by atoms with Crippen molar-refractivity contribution >= 4 is 45.3 Å². The van der Waals surface area contributed by atoms with Gasteiger partial charge in [0.05, 0.1) is 20.3 Å². The highest BCUT2D eigenvalue weighted by Gasteiger charge is 2.29. The van der Waals surface area contributed by atoms with E-state index in [0.717, 1.165) is 61.2 Å². The number of ether oxygens (including phenoxy) is 1. The lowest BCUT2D eigenvalue weighted by Crippen LogP contribution is -2.47. The lowest BCUT2D eigenvalue weighted by molar-refractivity contribution is 0.0364. The Labute approximate surface area is 237 Å². The molecule has 3 amide bonds. The van der Waals surface area contributed by atoms with Crippen LogP contribution in [0.25, 0.3) is 10.8 Å². The second kappa shape index (κ2) is 13.4. The van der Waals surface area contributed by atoms with E-state index in [4.69, 9.17) is 9.57 Å². The summed E-state index contributed by atoms with van der Waals surface area (Å²) in [6.07, 6.45) is 0.855. The molecule has 1 aliphatic rings. The van der Waals surface area contributed by atoms with Crippen LogP contribution in [0.3, 0.4) is 0 Å². The third-order valence-electron chi connectivity index (χ3n) is 6.71. The Morgan fingerprint density at radius 1 is 1.05 bits per heavy atom. The van der Waals surface area contributed by atoms with E-state index in [2.05, 4.69) is 62.6 Å². The van der Waals surface area contributed by atoms with Gasteiger partial charge in [0.2, 0.25) is 0 Å². The van der Waals surface area contributed by atoms with Gasteiger partial charge in [0.25, 0.3) is 5.91 Å². The van der Waals surface area contributed by atoms with E-state index in [1.807, 2.05) is 42.2 Å². The molecule has 1 aliphatic heterocycles. The molecule has 202 valence electrons. The van der Waals surface area contributed by atoms with Gasteiger partial charge in [-0.25, -0.2) is 10.3 Å². The van der Waals surface area contributed by atoms with Gasteiger partial charge in [-0.2, -0.15) is 0 Å². The summed E-state index contributed by atoms with van der Waals surface area (Å²) in [4.78, 5) is 34.7. The van der Waals surface area contributed by atoms with Crippen LogP contribution < -0.4 is 10.8 Å². The van der Waals surface area contributed by atoms with E-state index >= 15 is 0 Å². The van der Waals surface area contributed by atoms with Crippen molar-refractivity contribution in [2.45, 2.75) is 23.4 Å². The monoisotopic (exact) mass is 630 g/mol. The minimum Gasteiger partial charge on any atom is -0.379 e. The van der Waals surface area contributed by atoms with E-state index in [9.17, 15) is 9.59 Å². The van der Waals surface area contributed by atoms with Gasteiger partial charge in [-0.05, 0) is 70.0 Å². The summed E-state index contributed by atoms with van der Waals surface area (Å²) < 4.78 is 4.85. The van der Waals surface area contributed by atoms with Crippen molar-refractivity contribution < 1.29 is 19.2 Å². The molecule has 1 fully saturated rings. The molecule has 0 radical (unpaired) electrons. The normalized spacial score (nSPS) is 15.6. The van der Waals surface area contributed by atoms with Crippen LogP contribution in [0.15, 0.2) is 66.7 Å². The van der Waals surface area contributed by atoms with Gasteiger partial charge in [0, 0.05) is 38.3 Å². The molecule has 9 heteroatoms. The second-order valence-electron chi connectivity index (χ2n) is 9.52. The number of alkyl halides is 1. The largest absolute Gasteiger partial charge is 0.379 e. The molecule has 0 aromatic heterocycles. The van der Waals surface area contributed by atoms with Crippen LogP contribution in [0.4, 0.5) is 4.79 Å². The fourth-order valence-electron chi connectivity index (χ4n) is 4.68. The van der Waals surface area contributed by atoms with Gasteiger partial charge in [0.1, 0.15) is 3.55 Å². The standard InChI is InChI=1S/C29H35IN4O4/c1-29(30,26-10-5-8-23-7-3-4-9-25(23)26)31-28(36)34(16-6-15-33-17-19-38-20-18-33)21-22-11-13-24(14-12-22)27(35)32-37-2/h3-5,7-14H,6,15-21H2,1-2H3,(H,31,36)(H,32,35). The number of hydrogen-bond donors (Lipinski definition) is 2. The fraction of sp³-hybridized carbons (Fsp3) is 0.379. The van der Waals surface area contributed by atoms with Gasteiger partial charge in [-0.15, -0.1) is 0 Å². The predicted molar refractivity (Wildman–Crippen MR) is 157 cm³/mol. The van der Waals surface area contributed by atoms with Gasteiger partial charge in [0.15, 0.2) is 0 Å². The zero-order valence-electron chi connectivity index (χ0n) is 21.9. The Kier molecular flexibility index (Phi) is 9.95. The van der Waals surface area contributed by atoms with Gasteiger partial charge < -0.3 is 15.0 Å². The molecule has 8 nitrogen and oxygen atoms in total. The highest BCUT2D eigenvalue weighted by atomic mass is 127. The van der Waals surface area contributed by atoms with Crippen molar-refractivity contribution in [3.05, 3.63) is 83.4 Å². The van der Waals surface area contributed by atoms with Crippen molar-refractivity contribution in [3.8, 4) is 0 Å². The topological polar surface area (TPSA) is 83.1 Å². The molecule has 0 aliphatic carbocycles. The van der Waals surface area contributed by atoms with Crippen LogP contribution in [-0.2, 0) is 19.7 Å². The van der Waals surface area contributed by atoms with Gasteiger partial charge in [-0.3, -0.25) is 14.5 Å². The maximum absolute atomic E-state index is 13.7. The first-order valence-electron chi connectivity index (χ1n) is 12.8. The molecule has 3 aromatic rings. The van der Waals surface area contributed by atoms with Crippen LogP contribution >= 0.6 is 22.6 Å². The SMILES string of the molecule is CONC(=O)c1ccc(CN(CCCN2CCOCC2)C(=O)NC(C)(I)c2cccc3ccccc23)cc1. The van der Waals surface area contributed by atoms with Crippen molar-refractivity contribution in [1.29, 1.82) is 0 Å². The van der Waals surface area contributed by atoms with E-state index in [-0.39, 0.29) is 11.9 Å². The molecule has 2 N–H and O–H groups in total. The Morgan fingerprint density at radius 2 is 1.76 bits per heavy atom. The number of hydrogen-bond acceptors (Lipinski definition) is 5. The minimum absolute atomic E-state index is 0.127. The number of fused-ring (bicyclic) bond motifs is 1. The average molecular weight is 631 g/mol. The summed E-state index contributed by atoms with van der Waals surface area (Å²) in [5, 5.41) is 5.54. The zero-order chi connectivity index (χ0) is 27.0. The van der Waals surface area contributed by atoms with Gasteiger partial charge in [-0.1, -0.05) is 54.6 Å². The first-order chi connectivity index (χ1) is 18.4. The number of nitrogens with one attached hydrogen (secondary N) is 2. The summed E-state index contributed by atoms with van der Waals surface area (Å²) in [6, 6.07) is 21.5. The van der Waals surface area contributed by atoms with Crippen molar-refractivity contribution in [1.82, 2.24) is 20.6 Å². The smallest absolute Gasteiger partial charge is 0.319 e. The first kappa shape index (κ1) is 28.3. The summed E-state index contributed by atoms with van der Waals surface area (Å²) in [7, 11) is 1.40. The van der Waals surface area contributed by atoms with E-state index in [1.54, 1.807) is 12.1 Å². The number of carbonyl (C=O) groups is 2. The third kappa shape index (κ3) is 7.43. The maximum atomic E-state index is 13.7. The molecular formula is C29H35IN4O4. The Bertz CT molecular complexity index is 1220. The number of benzene rings is 3. The predicted octanol–water partition coefficient (Wildman–Crippen LogP) is 4.67. The molecule has 1 atom stereocenters. The summed E-state index contributed by atoms with van der Waals surface area (Å²) >= 11 is 2.32. The van der Waals surface area contributed by atoms with Crippen LogP contribution in [-0.4, -0.2) is 68.2 Å². The van der Waals surface area contributed by atoms with Crippen molar-refractivity contribution in [2.24, 2.45) is 0 Å². The highest BCUT2D eigenvalue weighted by molar-refractivity contribution is 14.1. The second-order valence-corrected chi connectivity index (χ2v) is 11.7. The quantitative estimate of drug-likeness (QED) is 0.147. The molecule has 3 aromatic carbocycles. The van der Waals surface area contributed by atoms with Gasteiger partial charge >= 0.3 is 6.03 Å². The molecule has 4 rings (SSSR count). The van der Waals surface area contributed by atoms with E-state index < -0.39 is 3.55 Å². The van der Waals surface area contributed by atoms with Crippen LogP contribution in [0.1, 0.15) is 34.8 Å². The van der Waals surface area contributed by atoms with Crippen LogP contribution in [0.2, 0.25) is 0 Å². The van der Waals surface area contributed by atoms with E-state index in [0.29, 0.717) is 18.7 Å². The number of rotatable bonds is 10. The Hall–Kier alpha value is -2.73. The number of hydroxylamine groups is 1. The zero-order valence-corrected chi connectivity index (χ0v) is 24.1. The molecule has 1 saturated heterocycles. The lowest BCUT2D eigenvalue weighted by Gasteiger charge is -2.32. The first-order valence-corrected chi connectivity index (χ1v) is 13.9. The minimum atomic E-state index is -0.611. The Balaban J connectivity index is 1.49. The molecule has 0 bridgehead atoms. The summed E-state index contributed by atoms with van der Waals surface area (Å²) in [5.74, 6) is -0.310. The number of amides is 3. The molecule has 0 spiro atoms. The van der Waals surface area contributed by atoms with Crippen molar-refractivity contribution in [2.75, 3.05) is 46.5 Å². The molecule has 38 heavy (non-hydrogen) atoms. The molecule has 1 unspecified atom stereocenters. The van der Waals surface area contributed by atoms with Crippen molar-refractivity contribution in [3.63, 3.8) is 0 Å². The van der Waals surface area contributed by atoms with Crippen LogP contribution in [0, 0.1) is 0 Å². The maximum Gasteiger partial charge on any atom is 0.319 e. The molecular weight excluding hydrogens is 595 g/mol. The lowest BCUT2D eigenvalue weighted by atomic mass is 10.00. The number of morpholine rings is 1. The molecule has 1 heterocycles. The number of urea groups is 1. The fourth-order valence-corrected chi connectivity index (χ4v) is 5.38. The highest BCUT2D eigenvalue weighted by Crippen LogP contribution is 2.34. The molecule has 0 saturated carbocycles. The Morgan fingerprint density at radius 3 is 2.50 bits per heavy atom. The number of nitrogens with zero attached hydrogens (tertiary/aromatic N) is 2. The number of halogens is 1. The third-order valence-corrected chi connectivity index (χ3v) is 7.57. The summed E-state index contributed by atoms with van der Waals surface area (Å²) in [5.41, 5.74) is 4.83.